The summed E-state index contributed by atoms with van der Waals surface area (Å²) in [5, 5.41) is 8.54. The number of nitrogens with two attached hydrogens (primary N) is 1. The van der Waals surface area contributed by atoms with Crippen LogP contribution in [0.3, 0.4) is 0 Å². The van der Waals surface area contributed by atoms with Gasteiger partial charge in [0.1, 0.15) is 5.82 Å². The number of carboxylic acid groups (broad SMARTS) is 1. The van der Waals surface area contributed by atoms with E-state index in [9.17, 15) is 26.7 Å². The van der Waals surface area contributed by atoms with Crippen LogP contribution in [0.1, 0.15) is 17.6 Å². The van der Waals surface area contributed by atoms with Gasteiger partial charge in [0, 0.05) is 5.56 Å². The number of aliphatic carboxylic acids is 1. The summed E-state index contributed by atoms with van der Waals surface area (Å²) in [7, 11) is 0. The Morgan fingerprint density at radius 2 is 2.05 bits per heavy atom. The molecule has 1 heterocycles. The molecule has 10 heteroatoms. The molecule has 19 heavy (non-hydrogen) atoms. The van der Waals surface area contributed by atoms with Crippen LogP contribution in [0.4, 0.5) is 27.8 Å². The third-order valence-electron chi connectivity index (χ3n) is 1.99. The number of rotatable bonds is 4. The van der Waals surface area contributed by atoms with E-state index in [-0.39, 0.29) is 0 Å². The zero-order chi connectivity index (χ0) is 14.8. The van der Waals surface area contributed by atoms with Gasteiger partial charge >= 0.3 is 12.3 Å². The van der Waals surface area contributed by atoms with Gasteiger partial charge in [0.15, 0.2) is 5.75 Å². The van der Waals surface area contributed by atoms with Gasteiger partial charge in [-0.25, -0.2) is 13.8 Å². The van der Waals surface area contributed by atoms with Gasteiger partial charge in [-0.05, 0) is 0 Å². The maximum atomic E-state index is 12.7. The normalized spacial score (nSPS) is 11.7. The molecule has 0 saturated heterocycles. The molecule has 0 aliphatic rings. The van der Waals surface area contributed by atoms with Crippen molar-refractivity contribution in [1.82, 2.24) is 4.98 Å². The number of hydrogen-bond acceptors (Lipinski definition) is 4. The third-order valence-corrected chi connectivity index (χ3v) is 1.99. The van der Waals surface area contributed by atoms with Gasteiger partial charge in [0.05, 0.1) is 18.2 Å². The molecule has 106 valence electrons. The van der Waals surface area contributed by atoms with Crippen molar-refractivity contribution in [3.05, 3.63) is 17.3 Å². The van der Waals surface area contributed by atoms with Gasteiger partial charge in [0.25, 0.3) is 6.43 Å². The summed E-state index contributed by atoms with van der Waals surface area (Å²) in [6.45, 7) is 0. The van der Waals surface area contributed by atoms with E-state index in [4.69, 9.17) is 10.8 Å². The Balaban J connectivity index is 3.38. The van der Waals surface area contributed by atoms with Crippen molar-refractivity contribution in [2.24, 2.45) is 0 Å². The van der Waals surface area contributed by atoms with Crippen molar-refractivity contribution in [1.29, 1.82) is 0 Å². The van der Waals surface area contributed by atoms with Gasteiger partial charge in [-0.1, -0.05) is 0 Å². The lowest BCUT2D eigenvalue weighted by Crippen LogP contribution is -2.20. The fourth-order valence-electron chi connectivity index (χ4n) is 1.35. The second-order valence-corrected chi connectivity index (χ2v) is 3.32. The largest absolute Gasteiger partial charge is 0.573 e. The number of pyridine rings is 1. The van der Waals surface area contributed by atoms with E-state index in [0.29, 0.717) is 6.20 Å². The maximum absolute atomic E-state index is 12.7. The van der Waals surface area contributed by atoms with Gasteiger partial charge in [-0.3, -0.25) is 4.79 Å². The maximum Gasteiger partial charge on any atom is 0.573 e. The van der Waals surface area contributed by atoms with Crippen LogP contribution in [0.2, 0.25) is 0 Å². The minimum absolute atomic E-state index is 0.451. The van der Waals surface area contributed by atoms with Crippen molar-refractivity contribution in [3.63, 3.8) is 0 Å². The first-order chi connectivity index (χ1) is 8.61. The van der Waals surface area contributed by atoms with Crippen LogP contribution in [0, 0.1) is 0 Å². The highest BCUT2D eigenvalue weighted by Gasteiger charge is 2.34. The summed E-state index contributed by atoms with van der Waals surface area (Å²) in [5.74, 6) is -3.47. The summed E-state index contributed by atoms with van der Waals surface area (Å²) in [5.41, 5.74) is 3.18. The Bertz CT molecular complexity index is 489. The van der Waals surface area contributed by atoms with E-state index in [1.807, 2.05) is 0 Å². The fraction of sp³-hybridized carbons (Fsp3) is 0.333. The molecule has 0 aliphatic heterocycles. The molecule has 0 fully saturated rings. The molecule has 1 aromatic heterocycles. The Hall–Kier alpha value is -2.13. The zero-order valence-electron chi connectivity index (χ0n) is 9.04. The van der Waals surface area contributed by atoms with Crippen molar-refractivity contribution >= 4 is 11.8 Å². The number of hydrogen-bond donors (Lipinski definition) is 2. The molecular formula is C9H7F5N2O3. The first kappa shape index (κ1) is 14.9. The van der Waals surface area contributed by atoms with Gasteiger partial charge < -0.3 is 15.6 Å². The van der Waals surface area contributed by atoms with Crippen LogP contribution in [0.15, 0.2) is 6.20 Å². The van der Waals surface area contributed by atoms with Gasteiger partial charge in [-0.2, -0.15) is 0 Å². The van der Waals surface area contributed by atoms with Crippen LogP contribution in [-0.4, -0.2) is 22.4 Å². The van der Waals surface area contributed by atoms with E-state index < -0.39 is 47.9 Å². The van der Waals surface area contributed by atoms with Crippen molar-refractivity contribution < 1.29 is 36.6 Å². The van der Waals surface area contributed by atoms with Crippen LogP contribution in [-0.2, 0) is 11.2 Å². The molecule has 0 saturated carbocycles. The second-order valence-electron chi connectivity index (χ2n) is 3.32. The van der Waals surface area contributed by atoms with Gasteiger partial charge in [-0.15, -0.1) is 13.2 Å². The van der Waals surface area contributed by atoms with Crippen LogP contribution in [0.5, 0.6) is 5.75 Å². The molecule has 1 rings (SSSR count). The topological polar surface area (TPSA) is 85.4 Å². The number of carbonyl (C=O) groups is 1. The molecule has 0 aliphatic carbocycles. The summed E-state index contributed by atoms with van der Waals surface area (Å²) in [4.78, 5) is 13.7. The molecule has 0 aromatic carbocycles. The van der Waals surface area contributed by atoms with Crippen LogP contribution in [0.25, 0.3) is 0 Å². The smallest absolute Gasteiger partial charge is 0.481 e. The lowest BCUT2D eigenvalue weighted by Gasteiger charge is -2.16. The predicted octanol–water partition coefficient (Wildman–Crippen LogP) is 2.13. The quantitative estimate of drug-likeness (QED) is 0.828. The van der Waals surface area contributed by atoms with E-state index in [1.165, 1.54) is 0 Å². The highest BCUT2D eigenvalue weighted by molar-refractivity contribution is 5.73. The Morgan fingerprint density at radius 1 is 1.47 bits per heavy atom. The molecule has 0 spiro atoms. The minimum atomic E-state index is -5.16. The minimum Gasteiger partial charge on any atom is -0.481 e. The third kappa shape index (κ3) is 3.93. The molecule has 0 atom stereocenters. The van der Waals surface area contributed by atoms with E-state index in [2.05, 4.69) is 9.72 Å². The van der Waals surface area contributed by atoms with E-state index >= 15 is 0 Å². The standard InChI is InChI=1S/C9H7F5N2O3/c10-7(11)6-3(1-5(17)18)4(2-16-8(6)15)19-9(12,13)14/h2,7H,1H2,(H2,15,16)(H,17,18). The average Bonchev–Trinajstić information content (AvgIpc) is 2.19. The van der Waals surface area contributed by atoms with Gasteiger partial charge in [0.2, 0.25) is 0 Å². The molecular weight excluding hydrogens is 279 g/mol. The van der Waals surface area contributed by atoms with Crippen LogP contribution < -0.4 is 10.5 Å². The summed E-state index contributed by atoms with van der Waals surface area (Å²) >= 11 is 0. The molecule has 5 nitrogen and oxygen atoms in total. The number of halogens is 5. The van der Waals surface area contributed by atoms with Crippen molar-refractivity contribution in [2.45, 2.75) is 19.2 Å². The highest BCUT2D eigenvalue weighted by Crippen LogP contribution is 2.35. The Labute approximate surface area is 102 Å². The zero-order valence-corrected chi connectivity index (χ0v) is 9.04. The molecule has 3 N–H and O–H groups in total. The molecule has 0 amide bonds. The number of aromatic nitrogens is 1. The SMILES string of the molecule is Nc1ncc(OC(F)(F)F)c(CC(=O)O)c1C(F)F. The Morgan fingerprint density at radius 3 is 2.47 bits per heavy atom. The summed E-state index contributed by atoms with van der Waals surface area (Å²) in [6.07, 6.45) is -9.09. The van der Waals surface area contributed by atoms with E-state index in [0.717, 1.165) is 0 Å². The summed E-state index contributed by atoms with van der Waals surface area (Å²) < 4.78 is 65.1. The number of nitrogen functional groups attached to an aromatic ring is 1. The first-order valence-corrected chi connectivity index (χ1v) is 4.64. The lowest BCUT2D eigenvalue weighted by molar-refractivity contribution is -0.275. The highest BCUT2D eigenvalue weighted by atomic mass is 19.4. The predicted molar refractivity (Wildman–Crippen MR) is 51.6 cm³/mol. The van der Waals surface area contributed by atoms with E-state index in [1.54, 1.807) is 0 Å². The molecule has 0 bridgehead atoms. The average molecular weight is 286 g/mol. The number of anilines is 1. The fourth-order valence-corrected chi connectivity index (χ4v) is 1.35. The molecule has 1 aromatic rings. The van der Waals surface area contributed by atoms with Crippen molar-refractivity contribution in [3.8, 4) is 5.75 Å². The number of alkyl halides is 5. The second kappa shape index (κ2) is 5.24. The Kier molecular flexibility index (Phi) is 4.12. The number of ether oxygens (including phenoxy) is 1. The lowest BCUT2D eigenvalue weighted by atomic mass is 10.1. The van der Waals surface area contributed by atoms with Crippen molar-refractivity contribution in [2.75, 3.05) is 5.73 Å². The van der Waals surface area contributed by atoms with Crippen LogP contribution >= 0.6 is 0 Å². The first-order valence-electron chi connectivity index (χ1n) is 4.64. The number of nitrogens with zero attached hydrogens (tertiary/aromatic N) is 1. The molecule has 0 radical (unpaired) electrons. The molecule has 0 unspecified atom stereocenters. The monoisotopic (exact) mass is 286 g/mol. The number of carboxylic acids is 1. The summed E-state index contributed by atoms with van der Waals surface area (Å²) in [6, 6.07) is 0.